The Bertz CT molecular complexity index is 975. The van der Waals surface area contributed by atoms with Gasteiger partial charge in [0, 0.05) is 22.8 Å². The Labute approximate surface area is 139 Å². The first kappa shape index (κ1) is 16.1. The summed E-state index contributed by atoms with van der Waals surface area (Å²) in [6.07, 6.45) is 1.79. The molecular weight excluding hydrogens is 328 g/mol. The van der Waals surface area contributed by atoms with E-state index in [4.69, 9.17) is 4.74 Å². The zero-order valence-corrected chi connectivity index (χ0v) is 13.8. The van der Waals surface area contributed by atoms with Crippen molar-refractivity contribution in [2.24, 2.45) is 0 Å². The molecule has 1 heterocycles. The number of H-pyrrole nitrogens is 1. The number of fused-ring (bicyclic) bond motifs is 1. The predicted octanol–water partition coefficient (Wildman–Crippen LogP) is 3.15. The van der Waals surface area contributed by atoms with Crippen molar-refractivity contribution in [1.29, 1.82) is 0 Å². The van der Waals surface area contributed by atoms with Gasteiger partial charge in [0.25, 0.3) is 10.0 Å². The molecule has 0 saturated heterocycles. The lowest BCUT2D eigenvalue weighted by Crippen LogP contribution is -2.13. The number of sulfonamides is 1. The van der Waals surface area contributed by atoms with E-state index >= 15 is 0 Å². The van der Waals surface area contributed by atoms with Gasteiger partial charge < -0.3 is 9.72 Å². The van der Waals surface area contributed by atoms with Crippen molar-refractivity contribution in [2.45, 2.75) is 11.8 Å². The van der Waals surface area contributed by atoms with E-state index in [1.54, 1.807) is 31.3 Å². The Balaban J connectivity index is 1.83. The summed E-state index contributed by atoms with van der Waals surface area (Å²) in [6, 6.07) is 12.7. The summed E-state index contributed by atoms with van der Waals surface area (Å²) < 4.78 is 32.3. The van der Waals surface area contributed by atoms with Crippen LogP contribution in [0.4, 0.5) is 5.69 Å². The number of carbonyl (C=O) groups excluding carboxylic acids is 1. The third-order valence-electron chi connectivity index (χ3n) is 3.48. The summed E-state index contributed by atoms with van der Waals surface area (Å²) >= 11 is 0. The first-order valence-electron chi connectivity index (χ1n) is 7.37. The van der Waals surface area contributed by atoms with Crippen LogP contribution in [0.1, 0.15) is 17.3 Å². The number of benzene rings is 2. The maximum Gasteiger partial charge on any atom is 0.338 e. The summed E-state index contributed by atoms with van der Waals surface area (Å²) in [5.74, 6) is -0.479. The second-order valence-corrected chi connectivity index (χ2v) is 6.81. The molecule has 0 saturated carbocycles. The highest BCUT2D eigenvalue weighted by molar-refractivity contribution is 7.92. The average molecular weight is 344 g/mol. The third kappa shape index (κ3) is 3.26. The highest BCUT2D eigenvalue weighted by Crippen LogP contribution is 2.21. The van der Waals surface area contributed by atoms with Crippen molar-refractivity contribution in [3.8, 4) is 0 Å². The van der Waals surface area contributed by atoms with Gasteiger partial charge in [-0.15, -0.1) is 0 Å². The van der Waals surface area contributed by atoms with Gasteiger partial charge >= 0.3 is 5.97 Å². The van der Waals surface area contributed by atoms with E-state index in [0.717, 1.165) is 10.9 Å². The number of ether oxygens (including phenoxy) is 1. The van der Waals surface area contributed by atoms with Gasteiger partial charge in [-0.05, 0) is 55.5 Å². The van der Waals surface area contributed by atoms with Gasteiger partial charge in [-0.3, -0.25) is 4.72 Å². The predicted molar refractivity (Wildman–Crippen MR) is 91.5 cm³/mol. The summed E-state index contributed by atoms with van der Waals surface area (Å²) in [6.45, 7) is 1.98. The minimum atomic E-state index is -3.73. The van der Waals surface area contributed by atoms with Crippen LogP contribution in [-0.4, -0.2) is 26.0 Å². The smallest absolute Gasteiger partial charge is 0.338 e. The van der Waals surface area contributed by atoms with E-state index in [1.165, 1.54) is 24.3 Å². The SMILES string of the molecule is CCOC(=O)c1ccc(S(=O)(=O)Nc2ccc3[nH]ccc3c2)cc1. The zero-order valence-electron chi connectivity index (χ0n) is 12.9. The van der Waals surface area contributed by atoms with Crippen molar-refractivity contribution in [2.75, 3.05) is 11.3 Å². The third-order valence-corrected chi connectivity index (χ3v) is 4.88. The number of hydrogen-bond acceptors (Lipinski definition) is 4. The van der Waals surface area contributed by atoms with Crippen LogP contribution in [0.25, 0.3) is 10.9 Å². The van der Waals surface area contributed by atoms with Gasteiger partial charge in [-0.25, -0.2) is 13.2 Å². The van der Waals surface area contributed by atoms with E-state index in [2.05, 4.69) is 9.71 Å². The molecule has 6 nitrogen and oxygen atoms in total. The summed E-state index contributed by atoms with van der Waals surface area (Å²) in [5.41, 5.74) is 1.71. The lowest BCUT2D eigenvalue weighted by molar-refractivity contribution is 0.0526. The monoisotopic (exact) mass is 344 g/mol. The molecule has 0 aliphatic rings. The molecule has 124 valence electrons. The van der Waals surface area contributed by atoms with Gasteiger partial charge in [-0.1, -0.05) is 0 Å². The number of aromatic amines is 1. The van der Waals surface area contributed by atoms with Crippen LogP contribution < -0.4 is 4.72 Å². The van der Waals surface area contributed by atoms with E-state index in [1.807, 2.05) is 6.07 Å². The van der Waals surface area contributed by atoms with Gasteiger partial charge in [0.15, 0.2) is 0 Å². The lowest BCUT2D eigenvalue weighted by Gasteiger charge is -2.09. The van der Waals surface area contributed by atoms with Crippen LogP contribution in [0.3, 0.4) is 0 Å². The Kier molecular flexibility index (Phi) is 4.26. The maximum absolute atomic E-state index is 12.4. The van der Waals surface area contributed by atoms with E-state index < -0.39 is 16.0 Å². The molecule has 2 N–H and O–H groups in total. The lowest BCUT2D eigenvalue weighted by atomic mass is 10.2. The maximum atomic E-state index is 12.4. The number of hydrogen-bond donors (Lipinski definition) is 2. The number of nitrogens with one attached hydrogen (secondary N) is 2. The van der Waals surface area contributed by atoms with Crippen LogP contribution >= 0.6 is 0 Å². The highest BCUT2D eigenvalue weighted by atomic mass is 32.2. The molecule has 3 rings (SSSR count). The number of esters is 1. The Morgan fingerprint density at radius 3 is 2.58 bits per heavy atom. The molecule has 1 aromatic heterocycles. The molecule has 0 radical (unpaired) electrons. The molecule has 0 fully saturated rings. The number of rotatable bonds is 5. The van der Waals surface area contributed by atoms with Gasteiger partial charge in [0.05, 0.1) is 17.1 Å². The van der Waals surface area contributed by atoms with Crippen LogP contribution in [0.2, 0.25) is 0 Å². The molecular formula is C17H16N2O4S. The summed E-state index contributed by atoms with van der Waals surface area (Å²) in [7, 11) is -3.73. The Morgan fingerprint density at radius 2 is 1.88 bits per heavy atom. The molecule has 24 heavy (non-hydrogen) atoms. The van der Waals surface area contributed by atoms with Crippen molar-refractivity contribution in [3.63, 3.8) is 0 Å². The highest BCUT2D eigenvalue weighted by Gasteiger charge is 2.16. The molecule has 0 bridgehead atoms. The number of carbonyl (C=O) groups is 1. The largest absolute Gasteiger partial charge is 0.462 e. The molecule has 0 spiro atoms. The van der Waals surface area contributed by atoms with Gasteiger partial charge in [0.2, 0.25) is 0 Å². The van der Waals surface area contributed by atoms with E-state index in [0.29, 0.717) is 11.3 Å². The van der Waals surface area contributed by atoms with Gasteiger partial charge in [-0.2, -0.15) is 0 Å². The zero-order chi connectivity index (χ0) is 17.2. The van der Waals surface area contributed by atoms with Crippen molar-refractivity contribution in [1.82, 2.24) is 4.98 Å². The molecule has 0 aliphatic carbocycles. The van der Waals surface area contributed by atoms with Crippen molar-refractivity contribution < 1.29 is 17.9 Å². The molecule has 2 aromatic carbocycles. The molecule has 0 aliphatic heterocycles. The summed E-state index contributed by atoms with van der Waals surface area (Å²) in [4.78, 5) is 14.7. The van der Waals surface area contributed by atoms with E-state index in [9.17, 15) is 13.2 Å². The quantitative estimate of drug-likeness (QED) is 0.696. The first-order valence-corrected chi connectivity index (χ1v) is 8.85. The number of anilines is 1. The molecule has 7 heteroatoms. The van der Waals surface area contributed by atoms with Crippen LogP contribution in [0.15, 0.2) is 59.6 Å². The molecule has 3 aromatic rings. The minimum absolute atomic E-state index is 0.0738. The fraction of sp³-hybridized carbons (Fsp3) is 0.118. The average Bonchev–Trinajstić information content (AvgIpc) is 3.02. The van der Waals surface area contributed by atoms with Crippen LogP contribution in [0.5, 0.6) is 0 Å². The second-order valence-electron chi connectivity index (χ2n) is 5.13. The van der Waals surface area contributed by atoms with Crippen molar-refractivity contribution >= 4 is 32.6 Å². The summed E-state index contributed by atoms with van der Waals surface area (Å²) in [5, 5.41) is 0.910. The van der Waals surface area contributed by atoms with Gasteiger partial charge in [0.1, 0.15) is 0 Å². The Hall–Kier alpha value is -2.80. The normalized spacial score (nSPS) is 11.4. The molecule has 0 unspecified atom stereocenters. The minimum Gasteiger partial charge on any atom is -0.462 e. The fourth-order valence-electron chi connectivity index (χ4n) is 2.32. The number of aromatic nitrogens is 1. The van der Waals surface area contributed by atoms with Crippen molar-refractivity contribution in [3.05, 3.63) is 60.3 Å². The van der Waals surface area contributed by atoms with Crippen LogP contribution in [0, 0.1) is 0 Å². The van der Waals surface area contributed by atoms with E-state index in [-0.39, 0.29) is 11.5 Å². The fourth-order valence-corrected chi connectivity index (χ4v) is 3.36. The van der Waals surface area contributed by atoms with Crippen LogP contribution in [-0.2, 0) is 14.8 Å². The topological polar surface area (TPSA) is 88.3 Å². The standard InChI is InChI=1S/C17H16N2O4S/c1-2-23-17(20)12-3-6-15(7-4-12)24(21,22)19-14-5-8-16-13(11-14)9-10-18-16/h3-11,18-19H,2H2,1H3. The molecule has 0 atom stereocenters. The molecule has 0 amide bonds. The first-order chi connectivity index (χ1) is 11.5. The second kappa shape index (κ2) is 6.37. The Morgan fingerprint density at radius 1 is 1.12 bits per heavy atom.